The highest BCUT2D eigenvalue weighted by molar-refractivity contribution is 7.99. The Bertz CT molecular complexity index is 1030. The van der Waals surface area contributed by atoms with Crippen LogP contribution in [0.1, 0.15) is 10.4 Å². The molecule has 10 heteroatoms. The van der Waals surface area contributed by atoms with Crippen molar-refractivity contribution in [3.05, 3.63) is 51.4 Å². The van der Waals surface area contributed by atoms with Crippen LogP contribution in [0.5, 0.6) is 0 Å². The molecular weight excluding hydrogens is 369 g/mol. The van der Waals surface area contributed by atoms with E-state index in [0.717, 1.165) is 23.1 Å². The number of rotatable bonds is 5. The average molecular weight is 379 g/mol. The number of fused-ring (bicyclic) bond motifs is 1. The second-order valence-electron chi connectivity index (χ2n) is 4.82. The van der Waals surface area contributed by atoms with Gasteiger partial charge in [-0.3, -0.25) is 9.59 Å². The van der Waals surface area contributed by atoms with Gasteiger partial charge in [0.2, 0.25) is 5.91 Å². The van der Waals surface area contributed by atoms with Gasteiger partial charge in [0.25, 0.3) is 5.56 Å². The fourth-order valence-electron chi connectivity index (χ4n) is 2.04. The maximum atomic E-state index is 13.5. The Morgan fingerprint density at radius 2 is 2.12 bits per heavy atom. The summed E-state index contributed by atoms with van der Waals surface area (Å²) in [7, 11) is 0. The van der Waals surface area contributed by atoms with Crippen molar-refractivity contribution in [2.45, 2.75) is 5.16 Å². The molecule has 1 amide bonds. The molecule has 0 atom stereocenters. The first-order chi connectivity index (χ1) is 12.0. The molecule has 2 heterocycles. The number of thiophene rings is 1. The lowest BCUT2D eigenvalue weighted by Crippen LogP contribution is -2.16. The van der Waals surface area contributed by atoms with Gasteiger partial charge in [0.05, 0.1) is 22.4 Å². The Labute approximate surface area is 147 Å². The first-order valence-electron chi connectivity index (χ1n) is 6.87. The van der Waals surface area contributed by atoms with E-state index in [-0.39, 0.29) is 32.4 Å². The number of anilines is 1. The summed E-state index contributed by atoms with van der Waals surface area (Å²) in [6.45, 7) is 0. The fourth-order valence-corrected chi connectivity index (χ4v) is 3.67. The smallest absolute Gasteiger partial charge is 0.337 e. The molecule has 0 unspecified atom stereocenters. The minimum absolute atomic E-state index is 0.0117. The van der Waals surface area contributed by atoms with Crippen LogP contribution in [0.25, 0.3) is 10.2 Å². The largest absolute Gasteiger partial charge is 0.478 e. The number of nitrogens with zero attached hydrogens (tertiary/aromatic N) is 1. The molecule has 0 spiro atoms. The van der Waals surface area contributed by atoms with Gasteiger partial charge in [-0.25, -0.2) is 14.2 Å². The second-order valence-corrected chi connectivity index (χ2v) is 6.64. The van der Waals surface area contributed by atoms with Crippen molar-refractivity contribution < 1.29 is 19.1 Å². The van der Waals surface area contributed by atoms with E-state index in [9.17, 15) is 18.8 Å². The molecule has 128 valence electrons. The molecule has 0 aliphatic heterocycles. The van der Waals surface area contributed by atoms with Crippen LogP contribution < -0.4 is 10.9 Å². The van der Waals surface area contributed by atoms with E-state index in [4.69, 9.17) is 5.11 Å². The maximum Gasteiger partial charge on any atom is 0.337 e. The molecular formula is C15H10FN3O4S2. The highest BCUT2D eigenvalue weighted by Gasteiger charge is 2.17. The van der Waals surface area contributed by atoms with Gasteiger partial charge in [0.15, 0.2) is 5.16 Å². The fraction of sp³-hybridized carbons (Fsp3) is 0.0667. The molecule has 3 N–H and O–H groups in total. The Balaban J connectivity index is 1.73. The lowest BCUT2D eigenvalue weighted by Gasteiger charge is -2.05. The van der Waals surface area contributed by atoms with Gasteiger partial charge < -0.3 is 15.4 Å². The molecule has 0 saturated heterocycles. The lowest BCUT2D eigenvalue weighted by molar-refractivity contribution is -0.113. The van der Waals surface area contributed by atoms with Gasteiger partial charge in [0, 0.05) is 5.38 Å². The number of hydrogen-bond donors (Lipinski definition) is 3. The molecule has 0 aliphatic rings. The van der Waals surface area contributed by atoms with Crippen molar-refractivity contribution in [2.75, 3.05) is 11.1 Å². The molecule has 7 nitrogen and oxygen atoms in total. The predicted molar refractivity (Wildman–Crippen MR) is 93.0 cm³/mol. The van der Waals surface area contributed by atoms with Gasteiger partial charge in [-0.15, -0.1) is 11.3 Å². The number of aromatic carboxylic acids is 1. The number of amides is 1. The van der Waals surface area contributed by atoms with Crippen LogP contribution in [0.4, 0.5) is 10.1 Å². The molecule has 3 rings (SSSR count). The molecule has 0 radical (unpaired) electrons. The molecule has 0 bridgehead atoms. The van der Waals surface area contributed by atoms with Crippen molar-refractivity contribution in [1.82, 2.24) is 9.97 Å². The topological polar surface area (TPSA) is 112 Å². The zero-order valence-electron chi connectivity index (χ0n) is 12.4. The van der Waals surface area contributed by atoms with Crippen LogP contribution in [0, 0.1) is 5.82 Å². The number of benzene rings is 1. The van der Waals surface area contributed by atoms with E-state index in [1.54, 1.807) is 6.07 Å². The number of hydrogen-bond acceptors (Lipinski definition) is 6. The summed E-state index contributed by atoms with van der Waals surface area (Å²) < 4.78 is 13.5. The molecule has 2 aromatic heterocycles. The number of halogens is 1. The predicted octanol–water partition coefficient (Wildman–Crippen LogP) is 2.55. The van der Waals surface area contributed by atoms with Crippen molar-refractivity contribution in [3.8, 4) is 0 Å². The highest BCUT2D eigenvalue weighted by atomic mass is 32.2. The van der Waals surface area contributed by atoms with E-state index >= 15 is 0 Å². The number of aromatic nitrogens is 2. The standard InChI is InChI=1S/C15H10FN3O4S2/c16-8-3-1-2-4-9(8)17-10(20)6-25-15-18-12(21)11-7(14(22)23)5-24-13(11)19-15/h1-5H,6H2,(H,17,20)(H,22,23)(H,18,19,21). The van der Waals surface area contributed by atoms with Crippen molar-refractivity contribution in [3.63, 3.8) is 0 Å². The Morgan fingerprint density at radius 3 is 2.84 bits per heavy atom. The van der Waals surface area contributed by atoms with Crippen molar-refractivity contribution >= 4 is 50.9 Å². The van der Waals surface area contributed by atoms with Gasteiger partial charge >= 0.3 is 5.97 Å². The second kappa shape index (κ2) is 7.03. The number of carboxylic acids is 1. The van der Waals surface area contributed by atoms with Gasteiger partial charge in [-0.1, -0.05) is 23.9 Å². The SMILES string of the molecule is O=C(CSc1nc2scc(C(=O)O)c2c(=O)[nH]1)Nc1ccccc1F. The first-order valence-corrected chi connectivity index (χ1v) is 8.74. The van der Waals surface area contributed by atoms with Crippen LogP contribution in [0.2, 0.25) is 0 Å². The third kappa shape index (κ3) is 3.69. The summed E-state index contributed by atoms with van der Waals surface area (Å²) in [5, 5.41) is 13.0. The minimum atomic E-state index is -1.21. The molecule has 0 saturated carbocycles. The number of thioether (sulfide) groups is 1. The monoisotopic (exact) mass is 379 g/mol. The lowest BCUT2D eigenvalue weighted by atomic mass is 10.2. The summed E-state index contributed by atoms with van der Waals surface area (Å²) >= 11 is 1.99. The highest BCUT2D eigenvalue weighted by Crippen LogP contribution is 2.23. The molecule has 25 heavy (non-hydrogen) atoms. The van der Waals surface area contributed by atoms with Crippen LogP contribution in [-0.2, 0) is 4.79 Å². The quantitative estimate of drug-likeness (QED) is 0.464. The third-order valence-corrected chi connectivity index (χ3v) is 4.89. The molecule has 3 aromatic rings. The number of aromatic amines is 1. The minimum Gasteiger partial charge on any atom is -0.478 e. The van der Waals surface area contributed by atoms with Crippen LogP contribution in [0.15, 0.2) is 39.6 Å². The van der Waals surface area contributed by atoms with E-state index in [2.05, 4.69) is 15.3 Å². The average Bonchev–Trinajstić information content (AvgIpc) is 3.00. The number of carbonyl (C=O) groups is 2. The number of para-hydroxylation sites is 1. The normalized spacial score (nSPS) is 10.8. The summed E-state index contributed by atoms with van der Waals surface area (Å²) in [6.07, 6.45) is 0. The Morgan fingerprint density at radius 1 is 1.36 bits per heavy atom. The first kappa shape index (κ1) is 17.1. The third-order valence-electron chi connectivity index (χ3n) is 3.14. The summed E-state index contributed by atoms with van der Waals surface area (Å²) in [6, 6.07) is 5.77. The zero-order chi connectivity index (χ0) is 18.0. The van der Waals surface area contributed by atoms with Gasteiger partial charge in [-0.05, 0) is 12.1 Å². The van der Waals surface area contributed by atoms with Crippen molar-refractivity contribution in [2.24, 2.45) is 0 Å². The number of carboxylic acid groups (broad SMARTS) is 1. The number of carbonyl (C=O) groups excluding carboxylic acids is 1. The van der Waals surface area contributed by atoms with Crippen LogP contribution in [0.3, 0.4) is 0 Å². The number of nitrogens with one attached hydrogen (secondary N) is 2. The van der Waals surface area contributed by atoms with Gasteiger partial charge in [0.1, 0.15) is 10.6 Å². The van der Waals surface area contributed by atoms with E-state index in [1.165, 1.54) is 23.6 Å². The van der Waals surface area contributed by atoms with E-state index < -0.39 is 23.3 Å². The summed E-state index contributed by atoms with van der Waals surface area (Å²) in [4.78, 5) is 41.9. The molecule has 0 aliphatic carbocycles. The van der Waals surface area contributed by atoms with Crippen LogP contribution in [-0.4, -0.2) is 32.7 Å². The van der Waals surface area contributed by atoms with Gasteiger partial charge in [-0.2, -0.15) is 0 Å². The molecule has 0 fully saturated rings. The Kier molecular flexibility index (Phi) is 4.81. The molecule has 1 aromatic carbocycles. The Hall–Kier alpha value is -2.72. The van der Waals surface area contributed by atoms with Crippen molar-refractivity contribution in [1.29, 1.82) is 0 Å². The number of H-pyrrole nitrogens is 1. The van der Waals surface area contributed by atoms with E-state index in [1.807, 2.05) is 0 Å². The summed E-state index contributed by atoms with van der Waals surface area (Å²) in [5.74, 6) is -2.31. The van der Waals surface area contributed by atoms with E-state index in [0.29, 0.717) is 0 Å². The van der Waals surface area contributed by atoms with Crippen LogP contribution >= 0.6 is 23.1 Å². The zero-order valence-corrected chi connectivity index (χ0v) is 14.0. The maximum absolute atomic E-state index is 13.5. The summed E-state index contributed by atoms with van der Waals surface area (Å²) in [5.41, 5.74) is -0.627.